The third kappa shape index (κ3) is 2.70. The lowest BCUT2D eigenvalue weighted by Gasteiger charge is -2.19. The minimum atomic E-state index is -0.124. The van der Waals surface area contributed by atoms with Gasteiger partial charge in [0.25, 0.3) is 5.91 Å². The van der Waals surface area contributed by atoms with Crippen molar-refractivity contribution in [1.29, 1.82) is 0 Å². The fraction of sp³-hybridized carbons (Fsp3) is 0.625. The van der Waals surface area contributed by atoms with Gasteiger partial charge in [-0.25, -0.2) is 0 Å². The maximum atomic E-state index is 11.7. The predicted molar refractivity (Wildman–Crippen MR) is 53.3 cm³/mol. The normalized spacial score (nSPS) is 10.1. The molecular formula is C8H13ClN4O. The Balaban J connectivity index is 2.63. The zero-order valence-electron chi connectivity index (χ0n) is 8.03. The molecule has 0 aliphatic heterocycles. The molecule has 0 aromatic carbocycles. The zero-order chi connectivity index (χ0) is 10.4. The second-order valence-electron chi connectivity index (χ2n) is 2.84. The van der Waals surface area contributed by atoms with Gasteiger partial charge in [0.05, 0.1) is 6.20 Å². The minimum Gasteiger partial charge on any atom is -0.336 e. The molecule has 0 bridgehead atoms. The van der Waals surface area contributed by atoms with Crippen LogP contribution < -0.4 is 0 Å². The van der Waals surface area contributed by atoms with Gasteiger partial charge >= 0.3 is 0 Å². The molecule has 5 nitrogen and oxygen atoms in total. The topological polar surface area (TPSA) is 61.9 Å². The summed E-state index contributed by atoms with van der Waals surface area (Å²) in [7, 11) is 0. The molecule has 0 saturated heterocycles. The quantitative estimate of drug-likeness (QED) is 0.744. The molecule has 1 heterocycles. The summed E-state index contributed by atoms with van der Waals surface area (Å²) in [5.74, 6) is 0.310. The monoisotopic (exact) mass is 216 g/mol. The number of alkyl halides is 1. The van der Waals surface area contributed by atoms with Crippen molar-refractivity contribution in [2.24, 2.45) is 0 Å². The molecule has 14 heavy (non-hydrogen) atoms. The predicted octanol–water partition coefficient (Wildman–Crippen LogP) is 0.896. The molecule has 0 aliphatic carbocycles. The molecule has 1 N–H and O–H groups in total. The van der Waals surface area contributed by atoms with Crippen LogP contribution in [0, 0.1) is 0 Å². The number of amides is 1. The van der Waals surface area contributed by atoms with Gasteiger partial charge in [0.15, 0.2) is 5.69 Å². The molecule has 0 fully saturated rings. The lowest BCUT2D eigenvalue weighted by atomic mass is 10.3. The van der Waals surface area contributed by atoms with Gasteiger partial charge in [-0.2, -0.15) is 15.4 Å². The van der Waals surface area contributed by atoms with Crippen LogP contribution in [0.3, 0.4) is 0 Å². The Hall–Kier alpha value is -1.10. The molecule has 0 unspecified atom stereocenters. The number of carbonyl (C=O) groups is 1. The molecule has 6 heteroatoms. The molecular weight excluding hydrogens is 204 g/mol. The first-order valence-corrected chi connectivity index (χ1v) is 5.04. The molecule has 1 amide bonds. The van der Waals surface area contributed by atoms with E-state index in [0.717, 1.165) is 6.42 Å². The van der Waals surface area contributed by atoms with Gasteiger partial charge in [-0.05, 0) is 6.42 Å². The van der Waals surface area contributed by atoms with Crippen molar-refractivity contribution in [3.05, 3.63) is 11.9 Å². The van der Waals surface area contributed by atoms with Crippen molar-refractivity contribution >= 4 is 17.5 Å². The van der Waals surface area contributed by atoms with E-state index in [4.69, 9.17) is 11.6 Å². The maximum absolute atomic E-state index is 11.7. The first-order chi connectivity index (χ1) is 6.79. The van der Waals surface area contributed by atoms with Crippen molar-refractivity contribution in [2.45, 2.75) is 13.3 Å². The number of rotatable bonds is 5. The first kappa shape index (κ1) is 11.0. The zero-order valence-corrected chi connectivity index (χ0v) is 8.79. The number of halogens is 1. The van der Waals surface area contributed by atoms with Gasteiger partial charge < -0.3 is 4.90 Å². The van der Waals surface area contributed by atoms with E-state index in [0.29, 0.717) is 24.7 Å². The number of hydrogen-bond acceptors (Lipinski definition) is 3. The van der Waals surface area contributed by atoms with E-state index in [2.05, 4.69) is 15.4 Å². The Labute approximate surface area is 87.4 Å². The summed E-state index contributed by atoms with van der Waals surface area (Å²) >= 11 is 5.60. The van der Waals surface area contributed by atoms with Gasteiger partial charge in [0.2, 0.25) is 0 Å². The molecule has 1 rings (SSSR count). The molecule has 0 atom stereocenters. The number of hydrogen-bond donors (Lipinski definition) is 1. The van der Waals surface area contributed by atoms with Crippen LogP contribution in [0.5, 0.6) is 0 Å². The summed E-state index contributed by atoms with van der Waals surface area (Å²) in [6.07, 6.45) is 2.32. The minimum absolute atomic E-state index is 0.124. The van der Waals surface area contributed by atoms with Gasteiger partial charge in [-0.3, -0.25) is 4.79 Å². The van der Waals surface area contributed by atoms with E-state index < -0.39 is 0 Å². The Kier molecular flexibility index (Phi) is 4.39. The van der Waals surface area contributed by atoms with Gasteiger partial charge in [-0.1, -0.05) is 6.92 Å². The van der Waals surface area contributed by atoms with Crippen LogP contribution in [0.1, 0.15) is 23.8 Å². The summed E-state index contributed by atoms with van der Waals surface area (Å²) in [6, 6.07) is 0. The third-order valence-electron chi connectivity index (χ3n) is 1.77. The molecule has 1 aromatic rings. The number of nitrogens with one attached hydrogen (secondary N) is 1. The Morgan fingerprint density at radius 2 is 2.43 bits per heavy atom. The standard InChI is InChI=1S/C8H13ClN4O/c1-2-4-13(5-3-9)8(14)7-6-10-12-11-7/h6H,2-5H2,1H3,(H,10,11,12). The van der Waals surface area contributed by atoms with E-state index in [1.54, 1.807) is 4.90 Å². The highest BCUT2D eigenvalue weighted by Gasteiger charge is 2.16. The van der Waals surface area contributed by atoms with Crippen molar-refractivity contribution in [2.75, 3.05) is 19.0 Å². The summed E-state index contributed by atoms with van der Waals surface area (Å²) in [5.41, 5.74) is 0.337. The fourth-order valence-corrected chi connectivity index (χ4v) is 1.36. The average molecular weight is 217 g/mol. The first-order valence-electron chi connectivity index (χ1n) is 4.50. The number of aromatic amines is 1. The maximum Gasteiger partial charge on any atom is 0.276 e. The van der Waals surface area contributed by atoms with Crippen molar-refractivity contribution < 1.29 is 4.79 Å². The molecule has 0 aliphatic rings. The SMILES string of the molecule is CCCN(CCCl)C(=O)c1cn[nH]n1. The number of carbonyl (C=O) groups excluding carboxylic acids is 1. The Morgan fingerprint density at radius 1 is 1.64 bits per heavy atom. The van der Waals surface area contributed by atoms with Gasteiger partial charge in [0, 0.05) is 19.0 Å². The molecule has 1 aromatic heterocycles. The van der Waals surface area contributed by atoms with E-state index >= 15 is 0 Å². The second-order valence-corrected chi connectivity index (χ2v) is 3.21. The van der Waals surface area contributed by atoms with Crippen molar-refractivity contribution in [1.82, 2.24) is 20.3 Å². The largest absolute Gasteiger partial charge is 0.336 e. The highest BCUT2D eigenvalue weighted by Crippen LogP contribution is 2.01. The van der Waals surface area contributed by atoms with Crippen LogP contribution in [0.25, 0.3) is 0 Å². The second kappa shape index (κ2) is 5.59. The smallest absolute Gasteiger partial charge is 0.276 e. The van der Waals surface area contributed by atoms with Gasteiger partial charge in [0.1, 0.15) is 0 Å². The van der Waals surface area contributed by atoms with Gasteiger partial charge in [-0.15, -0.1) is 11.6 Å². The molecule has 0 saturated carbocycles. The lowest BCUT2D eigenvalue weighted by molar-refractivity contribution is 0.0759. The fourth-order valence-electron chi connectivity index (χ4n) is 1.15. The van der Waals surface area contributed by atoms with Crippen molar-refractivity contribution in [3.63, 3.8) is 0 Å². The molecule has 0 spiro atoms. The van der Waals surface area contributed by atoms with Crippen molar-refractivity contribution in [3.8, 4) is 0 Å². The van der Waals surface area contributed by atoms with Crippen LogP contribution >= 0.6 is 11.6 Å². The third-order valence-corrected chi connectivity index (χ3v) is 1.94. The highest BCUT2D eigenvalue weighted by molar-refractivity contribution is 6.18. The van der Waals surface area contributed by atoms with E-state index in [1.807, 2.05) is 6.92 Å². The summed E-state index contributed by atoms with van der Waals surface area (Å²) in [4.78, 5) is 13.4. The van der Waals surface area contributed by atoms with Crippen LogP contribution in [0.4, 0.5) is 0 Å². The highest BCUT2D eigenvalue weighted by atomic mass is 35.5. The summed E-state index contributed by atoms with van der Waals surface area (Å²) in [5, 5.41) is 9.73. The molecule has 0 radical (unpaired) electrons. The molecule has 78 valence electrons. The summed E-state index contributed by atoms with van der Waals surface area (Å²) in [6.45, 7) is 3.25. The summed E-state index contributed by atoms with van der Waals surface area (Å²) < 4.78 is 0. The number of H-pyrrole nitrogens is 1. The van der Waals surface area contributed by atoms with E-state index in [1.165, 1.54) is 6.20 Å². The van der Waals surface area contributed by atoms with Crippen LogP contribution in [0.15, 0.2) is 6.20 Å². The van der Waals surface area contributed by atoms with Crippen LogP contribution in [0.2, 0.25) is 0 Å². The average Bonchev–Trinajstić information content (AvgIpc) is 2.69. The van der Waals surface area contributed by atoms with Crippen LogP contribution in [-0.4, -0.2) is 45.2 Å². The Bertz CT molecular complexity index is 269. The Morgan fingerprint density at radius 3 is 2.93 bits per heavy atom. The lowest BCUT2D eigenvalue weighted by Crippen LogP contribution is -2.33. The number of nitrogens with zero attached hydrogens (tertiary/aromatic N) is 3. The number of aromatic nitrogens is 3. The van der Waals surface area contributed by atoms with Crippen LogP contribution in [-0.2, 0) is 0 Å². The van der Waals surface area contributed by atoms with E-state index in [9.17, 15) is 4.79 Å². The van der Waals surface area contributed by atoms with E-state index in [-0.39, 0.29) is 5.91 Å².